The summed E-state index contributed by atoms with van der Waals surface area (Å²) in [6, 6.07) is 12.0. The van der Waals surface area contributed by atoms with Crippen LogP contribution >= 0.6 is 11.6 Å². The molecule has 192 valence electrons. The normalized spacial score (nSPS) is 20.3. The lowest BCUT2D eigenvalue weighted by Crippen LogP contribution is -2.59. The summed E-state index contributed by atoms with van der Waals surface area (Å²) in [4.78, 5) is 25.7. The zero-order chi connectivity index (χ0) is 26.3. The average Bonchev–Trinajstić information content (AvgIpc) is 3.27. The first-order chi connectivity index (χ1) is 17.7. The van der Waals surface area contributed by atoms with E-state index in [4.69, 9.17) is 17.3 Å². The molecule has 4 aromatic rings. The highest BCUT2D eigenvalue weighted by molar-refractivity contribution is 7.89. The standard InChI is InChI=1S/C26H27ClN6O3S/c1-3-25(24-10-18-9-19(27)5-7-22(18)31-24)37(35,36)32-11-16(2)33(20(13-32)14-34)12-17-4-6-21-23(8-17)29-15-30-26(21)28/h3-10,14-16,20,25,31H,1,11-13H2,2H3,(H2,28,29,30). The number of anilines is 1. The lowest BCUT2D eigenvalue weighted by molar-refractivity contribution is -0.115. The molecule has 0 aliphatic carbocycles. The number of hydrogen-bond acceptors (Lipinski definition) is 7. The fourth-order valence-electron chi connectivity index (χ4n) is 5.00. The second kappa shape index (κ2) is 9.86. The predicted octanol–water partition coefficient (Wildman–Crippen LogP) is 3.68. The topological polar surface area (TPSA) is 125 Å². The molecular formula is C26H27ClN6O3S. The summed E-state index contributed by atoms with van der Waals surface area (Å²) in [6.45, 7) is 6.48. The van der Waals surface area contributed by atoms with Crippen molar-refractivity contribution in [2.75, 3.05) is 18.8 Å². The number of sulfonamides is 1. The number of rotatable bonds is 7. The van der Waals surface area contributed by atoms with Gasteiger partial charge in [0.15, 0.2) is 0 Å². The molecule has 1 saturated heterocycles. The smallest absolute Gasteiger partial charge is 0.226 e. The molecule has 3 unspecified atom stereocenters. The summed E-state index contributed by atoms with van der Waals surface area (Å²) in [5.41, 5.74) is 8.88. The number of piperazine rings is 1. The SMILES string of the molecule is C=CC(c1cc2cc(Cl)ccc2[nH]1)S(=O)(=O)N1CC(C)N(Cc2ccc3c(N)ncnc3c2)C(C=O)C1. The van der Waals surface area contributed by atoms with Crippen LogP contribution in [0.1, 0.15) is 23.4 Å². The number of carbonyl (C=O) groups is 1. The average molecular weight is 539 g/mol. The Labute approximate surface area is 220 Å². The molecule has 3 N–H and O–H groups in total. The number of benzene rings is 2. The van der Waals surface area contributed by atoms with Gasteiger partial charge >= 0.3 is 0 Å². The van der Waals surface area contributed by atoms with E-state index in [2.05, 4.69) is 21.5 Å². The number of nitrogen functional groups attached to an aromatic ring is 1. The Morgan fingerprint density at radius 1 is 1.22 bits per heavy atom. The molecule has 0 saturated carbocycles. The summed E-state index contributed by atoms with van der Waals surface area (Å²) >= 11 is 6.10. The van der Waals surface area contributed by atoms with Crippen molar-refractivity contribution in [3.8, 4) is 0 Å². The van der Waals surface area contributed by atoms with Crippen molar-refractivity contribution in [3.05, 3.63) is 77.7 Å². The molecule has 9 nitrogen and oxygen atoms in total. The Morgan fingerprint density at radius 3 is 2.78 bits per heavy atom. The Morgan fingerprint density at radius 2 is 2.03 bits per heavy atom. The number of nitrogens with one attached hydrogen (secondary N) is 1. The van der Waals surface area contributed by atoms with Crippen LogP contribution in [-0.2, 0) is 21.4 Å². The summed E-state index contributed by atoms with van der Waals surface area (Å²) in [6.07, 6.45) is 3.64. The van der Waals surface area contributed by atoms with Crippen LogP contribution in [0, 0.1) is 0 Å². The third-order valence-electron chi connectivity index (χ3n) is 6.91. The first kappa shape index (κ1) is 25.3. The molecule has 3 heterocycles. The summed E-state index contributed by atoms with van der Waals surface area (Å²) in [5, 5.41) is 1.15. The third-order valence-corrected chi connectivity index (χ3v) is 9.25. The fourth-order valence-corrected chi connectivity index (χ4v) is 6.97. The van der Waals surface area contributed by atoms with Gasteiger partial charge in [0.05, 0.1) is 11.6 Å². The highest BCUT2D eigenvalue weighted by Crippen LogP contribution is 2.32. The second-order valence-electron chi connectivity index (χ2n) is 9.31. The zero-order valence-corrected chi connectivity index (χ0v) is 21.8. The minimum absolute atomic E-state index is 0.0509. The van der Waals surface area contributed by atoms with Crippen molar-refractivity contribution in [2.24, 2.45) is 0 Å². The maximum absolute atomic E-state index is 13.8. The number of aromatic amines is 1. The van der Waals surface area contributed by atoms with Crippen molar-refractivity contribution < 1.29 is 13.2 Å². The van der Waals surface area contributed by atoms with Gasteiger partial charge in [-0.25, -0.2) is 18.4 Å². The molecule has 2 aromatic carbocycles. The van der Waals surface area contributed by atoms with Crippen LogP contribution in [0.15, 0.2) is 61.4 Å². The fraction of sp³-hybridized carbons (Fsp3) is 0.269. The van der Waals surface area contributed by atoms with Gasteiger partial charge in [-0.1, -0.05) is 23.7 Å². The summed E-state index contributed by atoms with van der Waals surface area (Å²) in [7, 11) is -3.86. The molecule has 0 amide bonds. The summed E-state index contributed by atoms with van der Waals surface area (Å²) < 4.78 is 28.9. The van der Waals surface area contributed by atoms with E-state index in [1.54, 1.807) is 18.2 Å². The molecule has 5 rings (SSSR count). The van der Waals surface area contributed by atoms with E-state index in [9.17, 15) is 13.2 Å². The Hall–Kier alpha value is -3.31. The minimum Gasteiger partial charge on any atom is -0.383 e. The van der Waals surface area contributed by atoms with E-state index in [0.717, 1.165) is 33.7 Å². The van der Waals surface area contributed by atoms with Crippen molar-refractivity contribution >= 4 is 55.5 Å². The van der Waals surface area contributed by atoms with Crippen molar-refractivity contribution in [3.63, 3.8) is 0 Å². The minimum atomic E-state index is -3.86. The Kier molecular flexibility index (Phi) is 6.76. The molecule has 1 fully saturated rings. The highest BCUT2D eigenvalue weighted by atomic mass is 35.5. The van der Waals surface area contributed by atoms with E-state index >= 15 is 0 Å². The largest absolute Gasteiger partial charge is 0.383 e. The molecule has 37 heavy (non-hydrogen) atoms. The van der Waals surface area contributed by atoms with Crippen molar-refractivity contribution in [1.82, 2.24) is 24.2 Å². The second-order valence-corrected chi connectivity index (χ2v) is 11.8. The highest BCUT2D eigenvalue weighted by Gasteiger charge is 2.40. The molecular weight excluding hydrogens is 512 g/mol. The van der Waals surface area contributed by atoms with Gasteiger partial charge in [-0.2, -0.15) is 4.31 Å². The first-order valence-electron chi connectivity index (χ1n) is 11.8. The van der Waals surface area contributed by atoms with Crippen LogP contribution in [-0.4, -0.2) is 64.0 Å². The lowest BCUT2D eigenvalue weighted by atomic mass is 10.1. The number of fused-ring (bicyclic) bond motifs is 2. The van der Waals surface area contributed by atoms with Crippen LogP contribution in [0.2, 0.25) is 5.02 Å². The summed E-state index contributed by atoms with van der Waals surface area (Å²) in [5.74, 6) is 0.407. The molecule has 0 radical (unpaired) electrons. The number of nitrogens with two attached hydrogens (primary N) is 1. The number of H-pyrrole nitrogens is 1. The Bertz CT molecular complexity index is 1600. The lowest BCUT2D eigenvalue weighted by Gasteiger charge is -2.43. The van der Waals surface area contributed by atoms with Crippen LogP contribution in [0.4, 0.5) is 5.82 Å². The number of halogens is 1. The van der Waals surface area contributed by atoms with Gasteiger partial charge in [-0.05, 0) is 48.9 Å². The molecule has 1 aliphatic rings. The van der Waals surface area contributed by atoms with Gasteiger partial charge in [0, 0.05) is 52.7 Å². The van der Waals surface area contributed by atoms with Crippen LogP contribution in [0.25, 0.3) is 21.8 Å². The molecule has 0 bridgehead atoms. The zero-order valence-electron chi connectivity index (χ0n) is 20.2. The van der Waals surface area contributed by atoms with Gasteiger partial charge in [-0.15, -0.1) is 6.58 Å². The number of hydrogen-bond donors (Lipinski definition) is 2. The molecule has 1 aliphatic heterocycles. The van der Waals surface area contributed by atoms with Gasteiger partial charge in [-0.3, -0.25) is 4.90 Å². The predicted molar refractivity (Wildman–Crippen MR) is 146 cm³/mol. The number of aldehydes is 1. The van der Waals surface area contributed by atoms with Crippen LogP contribution in [0.3, 0.4) is 0 Å². The van der Waals surface area contributed by atoms with Crippen molar-refractivity contribution in [2.45, 2.75) is 30.8 Å². The van der Waals surface area contributed by atoms with Crippen molar-refractivity contribution in [1.29, 1.82) is 0 Å². The van der Waals surface area contributed by atoms with Gasteiger partial charge < -0.3 is 15.5 Å². The number of aromatic nitrogens is 3. The van der Waals surface area contributed by atoms with E-state index in [-0.39, 0.29) is 19.1 Å². The monoisotopic (exact) mass is 538 g/mol. The third kappa shape index (κ3) is 4.73. The van der Waals surface area contributed by atoms with Gasteiger partial charge in [0.1, 0.15) is 23.7 Å². The quantitative estimate of drug-likeness (QED) is 0.271. The van der Waals surface area contributed by atoms with E-state index in [0.29, 0.717) is 23.1 Å². The van der Waals surface area contributed by atoms with Gasteiger partial charge in [0.25, 0.3) is 0 Å². The number of carbonyl (C=O) groups excluding carboxylic acids is 1. The van der Waals surface area contributed by atoms with E-state index in [1.165, 1.54) is 16.7 Å². The number of nitrogens with zero attached hydrogens (tertiary/aromatic N) is 4. The molecule has 2 aromatic heterocycles. The Balaban J connectivity index is 1.39. The molecule has 0 spiro atoms. The van der Waals surface area contributed by atoms with Gasteiger partial charge in [0.2, 0.25) is 10.0 Å². The molecule has 11 heteroatoms. The van der Waals surface area contributed by atoms with Crippen LogP contribution in [0.5, 0.6) is 0 Å². The maximum atomic E-state index is 13.8. The van der Waals surface area contributed by atoms with E-state index < -0.39 is 21.3 Å². The maximum Gasteiger partial charge on any atom is 0.226 e. The first-order valence-corrected chi connectivity index (χ1v) is 13.7. The van der Waals surface area contributed by atoms with E-state index in [1.807, 2.05) is 36.1 Å². The molecule has 3 atom stereocenters. The van der Waals surface area contributed by atoms with Crippen LogP contribution < -0.4 is 5.73 Å².